The number of nitrogens with two attached hydrogens (primary N) is 1. The monoisotopic (exact) mass is 463 g/mol. The number of fused-ring (bicyclic) bond motifs is 3. The third-order valence-electron chi connectivity index (χ3n) is 5.61. The molecule has 1 aliphatic rings. The number of hydrogen-bond donors (Lipinski definition) is 4. The molecule has 170 valence electrons. The molecule has 0 saturated carbocycles. The van der Waals surface area contributed by atoms with Crippen LogP contribution in [0, 0.1) is 0 Å². The third-order valence-corrected chi connectivity index (χ3v) is 6.77. The summed E-state index contributed by atoms with van der Waals surface area (Å²) in [5.74, 6) is -1.65. The fraction of sp³-hybridized carbons (Fsp3) is 0.240. The summed E-state index contributed by atoms with van der Waals surface area (Å²) >= 11 is 1.29. The van der Waals surface area contributed by atoms with Crippen LogP contribution in [0.25, 0.3) is 11.1 Å². The van der Waals surface area contributed by atoms with Gasteiger partial charge in [-0.15, -0.1) is 11.3 Å². The van der Waals surface area contributed by atoms with E-state index in [2.05, 4.69) is 10.6 Å². The average molecular weight is 464 g/mol. The van der Waals surface area contributed by atoms with Crippen molar-refractivity contribution in [1.82, 2.24) is 0 Å². The van der Waals surface area contributed by atoms with Crippen molar-refractivity contribution < 1.29 is 19.5 Å². The van der Waals surface area contributed by atoms with E-state index in [-0.39, 0.29) is 17.4 Å². The van der Waals surface area contributed by atoms with E-state index in [4.69, 9.17) is 5.73 Å². The molecule has 4 rings (SSSR count). The maximum Gasteiger partial charge on any atom is 0.339 e. The normalized spacial score (nSPS) is 12.5. The fourth-order valence-electron chi connectivity index (χ4n) is 4.04. The second-order valence-electron chi connectivity index (χ2n) is 8.72. The summed E-state index contributed by atoms with van der Waals surface area (Å²) in [6, 6.07) is 12.5. The number of nitrogens with one attached hydrogen (secondary N) is 2. The first-order chi connectivity index (χ1) is 15.5. The number of carboxylic acid groups (broad SMARTS) is 1. The molecule has 33 heavy (non-hydrogen) atoms. The Morgan fingerprint density at radius 2 is 1.82 bits per heavy atom. The largest absolute Gasteiger partial charge is 0.478 e. The summed E-state index contributed by atoms with van der Waals surface area (Å²) in [5.41, 5.74) is 9.95. The van der Waals surface area contributed by atoms with Crippen LogP contribution in [0.3, 0.4) is 0 Å². The number of carbonyl (C=O) groups is 3. The highest BCUT2D eigenvalue weighted by Crippen LogP contribution is 2.45. The number of hydrogen-bond acceptors (Lipinski definition) is 5. The van der Waals surface area contributed by atoms with E-state index in [0.29, 0.717) is 28.2 Å². The fourth-order valence-corrected chi connectivity index (χ4v) is 5.24. The number of anilines is 2. The van der Waals surface area contributed by atoms with Gasteiger partial charge in [0, 0.05) is 34.2 Å². The number of carbonyl (C=O) groups excluding carboxylic acids is 2. The molecule has 7 nitrogen and oxygen atoms in total. The standard InChI is InChI=1S/C25H25N3O4S/c1-13(29)27-17-8-9-18-14(12-17)7-10-19-20(18)21(24(31)32)23(33-19)28-22(30)15-5-4-6-16(11-15)25(2,3)26/h4-6,8-9,11-12H,7,10,26H2,1-3H3,(H,27,29)(H,28,30)(H,31,32). The summed E-state index contributed by atoms with van der Waals surface area (Å²) in [6.07, 6.45) is 1.37. The molecule has 0 atom stereocenters. The maximum atomic E-state index is 13.0. The SMILES string of the molecule is CC(=O)Nc1ccc2c(c1)CCc1sc(NC(=O)c3cccc(C(C)(C)N)c3)c(C(=O)O)c1-2. The van der Waals surface area contributed by atoms with Crippen LogP contribution in [0.2, 0.25) is 0 Å². The lowest BCUT2D eigenvalue weighted by atomic mass is 9.87. The van der Waals surface area contributed by atoms with Gasteiger partial charge in [-0.25, -0.2) is 4.79 Å². The van der Waals surface area contributed by atoms with Crippen LogP contribution in [0.15, 0.2) is 42.5 Å². The van der Waals surface area contributed by atoms with Gasteiger partial charge >= 0.3 is 5.97 Å². The summed E-state index contributed by atoms with van der Waals surface area (Å²) in [5, 5.41) is 15.9. The molecule has 1 heterocycles. The molecule has 0 unspecified atom stereocenters. The van der Waals surface area contributed by atoms with E-state index in [0.717, 1.165) is 28.0 Å². The van der Waals surface area contributed by atoms with Crippen molar-refractivity contribution in [1.29, 1.82) is 0 Å². The Morgan fingerprint density at radius 3 is 2.48 bits per heavy atom. The Morgan fingerprint density at radius 1 is 1.06 bits per heavy atom. The molecule has 8 heteroatoms. The maximum absolute atomic E-state index is 13.0. The summed E-state index contributed by atoms with van der Waals surface area (Å²) in [4.78, 5) is 37.6. The van der Waals surface area contributed by atoms with Gasteiger partial charge in [-0.3, -0.25) is 9.59 Å². The number of aromatic carboxylic acids is 1. The van der Waals surface area contributed by atoms with Crippen molar-refractivity contribution in [3.8, 4) is 11.1 Å². The number of thiophene rings is 1. The molecule has 0 fully saturated rings. The number of carboxylic acids is 1. The van der Waals surface area contributed by atoms with Gasteiger partial charge in [-0.2, -0.15) is 0 Å². The first kappa shape index (κ1) is 22.7. The molecule has 5 N–H and O–H groups in total. The van der Waals surface area contributed by atoms with E-state index in [9.17, 15) is 19.5 Å². The van der Waals surface area contributed by atoms with Crippen molar-refractivity contribution in [3.05, 3.63) is 69.6 Å². The Bertz CT molecular complexity index is 1290. The first-order valence-electron chi connectivity index (χ1n) is 10.5. The van der Waals surface area contributed by atoms with Crippen LogP contribution in [0.4, 0.5) is 10.7 Å². The van der Waals surface area contributed by atoms with Gasteiger partial charge in [0.1, 0.15) is 10.6 Å². The lowest BCUT2D eigenvalue weighted by molar-refractivity contribution is -0.114. The van der Waals surface area contributed by atoms with Crippen molar-refractivity contribution in [2.45, 2.75) is 39.2 Å². The minimum atomic E-state index is -1.10. The first-order valence-corrected chi connectivity index (χ1v) is 11.4. The van der Waals surface area contributed by atoms with Crippen LogP contribution < -0.4 is 16.4 Å². The van der Waals surface area contributed by atoms with Crippen LogP contribution in [-0.4, -0.2) is 22.9 Å². The smallest absolute Gasteiger partial charge is 0.339 e. The highest BCUT2D eigenvalue weighted by molar-refractivity contribution is 7.17. The predicted molar refractivity (Wildman–Crippen MR) is 130 cm³/mol. The zero-order valence-corrected chi connectivity index (χ0v) is 19.4. The van der Waals surface area contributed by atoms with Gasteiger partial charge in [-0.05, 0) is 67.6 Å². The number of amides is 2. The zero-order chi connectivity index (χ0) is 23.9. The number of aryl methyl sites for hydroxylation is 2. The van der Waals surface area contributed by atoms with Crippen LogP contribution in [-0.2, 0) is 23.2 Å². The molecular weight excluding hydrogens is 438 g/mol. The molecule has 0 radical (unpaired) electrons. The van der Waals surface area contributed by atoms with Crippen LogP contribution in [0.1, 0.15) is 57.5 Å². The highest BCUT2D eigenvalue weighted by Gasteiger charge is 2.30. The Kier molecular flexibility index (Phi) is 5.82. The van der Waals surface area contributed by atoms with E-state index in [1.807, 2.05) is 32.0 Å². The third kappa shape index (κ3) is 4.53. The summed E-state index contributed by atoms with van der Waals surface area (Å²) in [6.45, 7) is 5.15. The van der Waals surface area contributed by atoms with Crippen LogP contribution in [0.5, 0.6) is 0 Å². The molecule has 3 aromatic rings. The molecule has 0 saturated heterocycles. The average Bonchev–Trinajstić information content (AvgIpc) is 3.11. The predicted octanol–water partition coefficient (Wildman–Crippen LogP) is 4.62. The van der Waals surface area contributed by atoms with Crippen molar-refractivity contribution in [2.24, 2.45) is 5.73 Å². The lowest BCUT2D eigenvalue weighted by Crippen LogP contribution is -2.29. The van der Waals surface area contributed by atoms with E-state index >= 15 is 0 Å². The van der Waals surface area contributed by atoms with Gasteiger partial charge in [0.25, 0.3) is 5.91 Å². The summed E-state index contributed by atoms with van der Waals surface area (Å²) in [7, 11) is 0. The topological polar surface area (TPSA) is 122 Å². The quantitative estimate of drug-likeness (QED) is 0.440. The molecule has 2 aromatic carbocycles. The number of benzene rings is 2. The zero-order valence-electron chi connectivity index (χ0n) is 18.6. The van der Waals surface area contributed by atoms with Crippen molar-refractivity contribution in [3.63, 3.8) is 0 Å². The van der Waals surface area contributed by atoms with Gasteiger partial charge in [0.05, 0.1) is 0 Å². The van der Waals surface area contributed by atoms with Crippen molar-refractivity contribution >= 4 is 39.8 Å². The highest BCUT2D eigenvalue weighted by atomic mass is 32.1. The second kappa shape index (κ2) is 8.46. The molecule has 1 aromatic heterocycles. The lowest BCUT2D eigenvalue weighted by Gasteiger charge is -2.19. The number of rotatable bonds is 5. The summed E-state index contributed by atoms with van der Waals surface area (Å²) < 4.78 is 0. The Balaban J connectivity index is 1.72. The van der Waals surface area contributed by atoms with Gasteiger partial charge in [0.15, 0.2) is 0 Å². The van der Waals surface area contributed by atoms with Gasteiger partial charge in [0.2, 0.25) is 5.91 Å². The molecule has 0 bridgehead atoms. The van der Waals surface area contributed by atoms with Gasteiger partial charge in [-0.1, -0.05) is 18.2 Å². The van der Waals surface area contributed by atoms with E-state index < -0.39 is 11.5 Å². The molecule has 2 amide bonds. The van der Waals surface area contributed by atoms with Gasteiger partial charge < -0.3 is 21.5 Å². The van der Waals surface area contributed by atoms with E-state index in [1.54, 1.807) is 24.3 Å². The minimum Gasteiger partial charge on any atom is -0.478 e. The Labute approximate surface area is 195 Å². The Hall–Kier alpha value is -3.49. The molecule has 0 aliphatic heterocycles. The minimum absolute atomic E-state index is 0.0897. The molecular formula is C25H25N3O4S. The van der Waals surface area contributed by atoms with Crippen molar-refractivity contribution in [2.75, 3.05) is 10.6 Å². The molecule has 0 spiro atoms. The van der Waals surface area contributed by atoms with Crippen LogP contribution >= 0.6 is 11.3 Å². The second-order valence-corrected chi connectivity index (χ2v) is 9.82. The molecule has 1 aliphatic carbocycles. The van der Waals surface area contributed by atoms with E-state index in [1.165, 1.54) is 18.3 Å².